The van der Waals surface area contributed by atoms with Crippen molar-refractivity contribution >= 4 is 11.3 Å². The first-order valence-corrected chi connectivity index (χ1v) is 9.19. The highest BCUT2D eigenvalue weighted by Crippen LogP contribution is 2.32. The number of hydrogen-bond acceptors (Lipinski definition) is 6. The summed E-state index contributed by atoms with van der Waals surface area (Å²) in [4.78, 5) is 9.75. The van der Waals surface area contributed by atoms with Crippen LogP contribution in [0, 0.1) is 0 Å². The van der Waals surface area contributed by atoms with Gasteiger partial charge in [0.15, 0.2) is 0 Å². The minimum Gasteiger partial charge on any atom is -0.496 e. The number of ether oxygens (including phenoxy) is 2. The predicted octanol–water partition coefficient (Wildman–Crippen LogP) is 2.58. The van der Waals surface area contributed by atoms with E-state index in [0.29, 0.717) is 0 Å². The summed E-state index contributed by atoms with van der Waals surface area (Å²) in [6, 6.07) is 8.06. The Balaban J connectivity index is 1.57. The fraction of sp³-hybridized carbons (Fsp3) is 0.500. The molecule has 1 fully saturated rings. The second-order valence-corrected chi connectivity index (χ2v) is 6.81. The zero-order valence-electron chi connectivity index (χ0n) is 14.4. The van der Waals surface area contributed by atoms with Crippen molar-refractivity contribution in [3.05, 3.63) is 35.3 Å². The zero-order chi connectivity index (χ0) is 16.8. The second-order valence-electron chi connectivity index (χ2n) is 5.95. The summed E-state index contributed by atoms with van der Waals surface area (Å²) in [6.07, 6.45) is 0. The lowest BCUT2D eigenvalue weighted by Gasteiger charge is -2.34. The summed E-state index contributed by atoms with van der Waals surface area (Å²) >= 11 is 1.69. The van der Waals surface area contributed by atoms with Gasteiger partial charge in [0, 0.05) is 51.8 Å². The van der Waals surface area contributed by atoms with E-state index in [2.05, 4.69) is 21.2 Å². The normalized spacial score (nSPS) is 16.4. The molecule has 0 spiro atoms. The third-order valence-electron chi connectivity index (χ3n) is 4.35. The van der Waals surface area contributed by atoms with Crippen LogP contribution >= 0.6 is 11.3 Å². The number of benzene rings is 1. The molecule has 6 heteroatoms. The number of aromatic nitrogens is 1. The summed E-state index contributed by atoms with van der Waals surface area (Å²) in [6.45, 7) is 7.15. The molecule has 2 aromatic rings. The van der Waals surface area contributed by atoms with E-state index in [9.17, 15) is 0 Å². The molecule has 1 aromatic heterocycles. The summed E-state index contributed by atoms with van der Waals surface area (Å²) in [5.41, 5.74) is 2.21. The Hall–Kier alpha value is -1.47. The van der Waals surface area contributed by atoms with Crippen LogP contribution in [0.1, 0.15) is 5.69 Å². The average molecular weight is 347 g/mol. The standard InChI is InChI=1S/C18H25N3O2S/c1-22-12-11-20-7-9-21(10-8-20)13-15-14-24-18(19-15)16-5-3-4-6-17(16)23-2/h3-6,14H,7-13H2,1-2H3. The first-order valence-electron chi connectivity index (χ1n) is 8.31. The third kappa shape index (κ3) is 4.33. The first-order chi connectivity index (χ1) is 11.8. The number of para-hydroxylation sites is 1. The topological polar surface area (TPSA) is 37.8 Å². The summed E-state index contributed by atoms with van der Waals surface area (Å²) in [7, 11) is 3.47. The maximum atomic E-state index is 5.44. The van der Waals surface area contributed by atoms with Gasteiger partial charge in [-0.05, 0) is 12.1 Å². The van der Waals surface area contributed by atoms with Gasteiger partial charge in [0.1, 0.15) is 10.8 Å². The Labute approximate surface area is 147 Å². The molecule has 1 saturated heterocycles. The molecule has 1 aliphatic rings. The first kappa shape index (κ1) is 17.4. The van der Waals surface area contributed by atoms with Crippen LogP contribution in [0.15, 0.2) is 29.6 Å². The van der Waals surface area contributed by atoms with Crippen molar-refractivity contribution in [2.75, 3.05) is 53.6 Å². The summed E-state index contributed by atoms with van der Waals surface area (Å²) in [5.74, 6) is 0.880. The van der Waals surface area contributed by atoms with Crippen molar-refractivity contribution in [2.24, 2.45) is 0 Å². The van der Waals surface area contributed by atoms with Gasteiger partial charge in [-0.1, -0.05) is 12.1 Å². The van der Waals surface area contributed by atoms with Crippen molar-refractivity contribution < 1.29 is 9.47 Å². The Morgan fingerprint density at radius 3 is 2.58 bits per heavy atom. The number of thiazole rings is 1. The third-order valence-corrected chi connectivity index (χ3v) is 5.28. The molecule has 130 valence electrons. The molecule has 1 aromatic carbocycles. The van der Waals surface area contributed by atoms with Crippen LogP contribution in [0.5, 0.6) is 5.75 Å². The van der Waals surface area contributed by atoms with Crippen LogP contribution in [0.25, 0.3) is 10.6 Å². The zero-order valence-corrected chi connectivity index (χ0v) is 15.2. The average Bonchev–Trinajstić information content (AvgIpc) is 3.09. The summed E-state index contributed by atoms with van der Waals surface area (Å²) < 4.78 is 10.6. The van der Waals surface area contributed by atoms with Crippen molar-refractivity contribution in [2.45, 2.75) is 6.54 Å². The maximum absolute atomic E-state index is 5.44. The van der Waals surface area contributed by atoms with Gasteiger partial charge in [-0.3, -0.25) is 9.80 Å². The number of nitrogens with zero attached hydrogens (tertiary/aromatic N) is 3. The number of piperazine rings is 1. The van der Waals surface area contributed by atoms with Crippen molar-refractivity contribution in [1.29, 1.82) is 0 Å². The minimum atomic E-state index is 0.814. The number of methoxy groups -OCH3 is 2. The molecule has 0 saturated carbocycles. The lowest BCUT2D eigenvalue weighted by atomic mass is 10.2. The van der Waals surface area contributed by atoms with Gasteiger partial charge in [-0.15, -0.1) is 11.3 Å². The van der Waals surface area contributed by atoms with Crippen LogP contribution in [0.2, 0.25) is 0 Å². The van der Waals surface area contributed by atoms with Crippen molar-refractivity contribution in [3.63, 3.8) is 0 Å². The van der Waals surface area contributed by atoms with Crippen LogP contribution in [0.4, 0.5) is 0 Å². The largest absolute Gasteiger partial charge is 0.496 e. The van der Waals surface area contributed by atoms with Gasteiger partial charge in [0.2, 0.25) is 0 Å². The number of rotatable bonds is 7. The van der Waals surface area contributed by atoms with E-state index in [1.165, 1.54) is 0 Å². The van der Waals surface area contributed by atoms with Crippen molar-refractivity contribution in [3.8, 4) is 16.3 Å². The monoisotopic (exact) mass is 347 g/mol. The molecule has 3 rings (SSSR count). The molecule has 0 aliphatic carbocycles. The Morgan fingerprint density at radius 2 is 1.83 bits per heavy atom. The second kappa shape index (κ2) is 8.58. The van der Waals surface area contributed by atoms with Gasteiger partial charge in [0.05, 0.1) is 25.0 Å². The van der Waals surface area contributed by atoms with Gasteiger partial charge >= 0.3 is 0 Å². The quantitative estimate of drug-likeness (QED) is 0.770. The van der Waals surface area contributed by atoms with Crippen molar-refractivity contribution in [1.82, 2.24) is 14.8 Å². The van der Waals surface area contributed by atoms with Crippen LogP contribution in [-0.4, -0.2) is 68.3 Å². The molecule has 2 heterocycles. The molecule has 0 atom stereocenters. The Kier molecular flexibility index (Phi) is 6.20. The fourth-order valence-corrected chi connectivity index (χ4v) is 3.79. The van der Waals surface area contributed by atoms with E-state index in [0.717, 1.165) is 67.9 Å². The molecule has 0 radical (unpaired) electrons. The molecule has 0 bridgehead atoms. The molecule has 24 heavy (non-hydrogen) atoms. The minimum absolute atomic E-state index is 0.814. The van der Waals surface area contributed by atoms with E-state index < -0.39 is 0 Å². The van der Waals surface area contributed by atoms with E-state index in [1.807, 2.05) is 18.2 Å². The van der Waals surface area contributed by atoms with E-state index in [-0.39, 0.29) is 0 Å². The molecule has 0 unspecified atom stereocenters. The van der Waals surface area contributed by atoms with E-state index in [4.69, 9.17) is 14.5 Å². The number of hydrogen-bond donors (Lipinski definition) is 0. The van der Waals surface area contributed by atoms with Gasteiger partial charge in [-0.25, -0.2) is 4.98 Å². The highest BCUT2D eigenvalue weighted by molar-refractivity contribution is 7.13. The summed E-state index contributed by atoms with van der Waals surface area (Å²) in [5, 5.41) is 3.19. The highest BCUT2D eigenvalue weighted by atomic mass is 32.1. The molecular weight excluding hydrogens is 322 g/mol. The van der Waals surface area contributed by atoms with E-state index in [1.54, 1.807) is 25.6 Å². The predicted molar refractivity (Wildman–Crippen MR) is 97.7 cm³/mol. The lowest BCUT2D eigenvalue weighted by Crippen LogP contribution is -2.46. The molecule has 5 nitrogen and oxygen atoms in total. The van der Waals surface area contributed by atoms with Crippen LogP contribution < -0.4 is 4.74 Å². The van der Waals surface area contributed by atoms with E-state index >= 15 is 0 Å². The fourth-order valence-electron chi connectivity index (χ4n) is 2.95. The van der Waals surface area contributed by atoms with Crippen LogP contribution in [-0.2, 0) is 11.3 Å². The molecular formula is C18H25N3O2S. The highest BCUT2D eigenvalue weighted by Gasteiger charge is 2.18. The van der Waals surface area contributed by atoms with Gasteiger partial charge in [-0.2, -0.15) is 0 Å². The molecule has 0 N–H and O–H groups in total. The Bertz CT molecular complexity index is 639. The van der Waals surface area contributed by atoms with Gasteiger partial charge < -0.3 is 9.47 Å². The smallest absolute Gasteiger partial charge is 0.129 e. The molecule has 1 aliphatic heterocycles. The lowest BCUT2D eigenvalue weighted by molar-refractivity contribution is 0.0933. The maximum Gasteiger partial charge on any atom is 0.129 e. The van der Waals surface area contributed by atoms with Gasteiger partial charge in [0.25, 0.3) is 0 Å². The van der Waals surface area contributed by atoms with Crippen LogP contribution in [0.3, 0.4) is 0 Å². The SMILES string of the molecule is COCCN1CCN(Cc2csc(-c3ccccc3OC)n2)CC1. The Morgan fingerprint density at radius 1 is 1.08 bits per heavy atom. The molecule has 0 amide bonds.